The molecule has 0 spiro atoms. The number of aliphatic carboxylic acids is 1. The third-order valence-electron chi connectivity index (χ3n) is 3.23. The molecule has 18 heavy (non-hydrogen) atoms. The predicted molar refractivity (Wildman–Crippen MR) is 63.1 cm³/mol. The van der Waals surface area contributed by atoms with Crippen molar-refractivity contribution in [3.05, 3.63) is 17.8 Å². The van der Waals surface area contributed by atoms with Crippen LogP contribution in [0.4, 0.5) is 5.82 Å². The van der Waals surface area contributed by atoms with Gasteiger partial charge in [-0.15, -0.1) is 10.2 Å². The lowest BCUT2D eigenvalue weighted by Crippen LogP contribution is -2.51. The van der Waals surface area contributed by atoms with Crippen LogP contribution in [0.3, 0.4) is 0 Å². The van der Waals surface area contributed by atoms with Gasteiger partial charge in [-0.3, -0.25) is 9.59 Å². The summed E-state index contributed by atoms with van der Waals surface area (Å²) >= 11 is 0. The number of anilines is 1. The fourth-order valence-corrected chi connectivity index (χ4v) is 1.84. The average Bonchev–Trinajstić information content (AvgIpc) is 2.27. The zero-order valence-corrected chi connectivity index (χ0v) is 9.91. The summed E-state index contributed by atoms with van der Waals surface area (Å²) in [7, 11) is 0. The number of hydrogen-bond acceptors (Lipinski definition) is 5. The fraction of sp³-hybridized carbons (Fsp3) is 0.455. The number of carbonyl (C=O) groups is 2. The molecule has 0 saturated carbocycles. The summed E-state index contributed by atoms with van der Waals surface area (Å²) in [6.45, 7) is 2.97. The Morgan fingerprint density at radius 3 is 2.56 bits per heavy atom. The average molecular weight is 250 g/mol. The maximum Gasteiger partial charge on any atom is 0.306 e. The van der Waals surface area contributed by atoms with E-state index in [1.54, 1.807) is 13.0 Å². The van der Waals surface area contributed by atoms with E-state index in [1.165, 1.54) is 6.07 Å². The van der Waals surface area contributed by atoms with E-state index in [4.69, 9.17) is 10.8 Å². The molecule has 7 heteroatoms. The van der Waals surface area contributed by atoms with Crippen LogP contribution in [-0.2, 0) is 4.79 Å². The van der Waals surface area contributed by atoms with E-state index in [0.29, 0.717) is 18.9 Å². The van der Waals surface area contributed by atoms with E-state index in [9.17, 15) is 9.59 Å². The van der Waals surface area contributed by atoms with E-state index in [2.05, 4.69) is 10.2 Å². The van der Waals surface area contributed by atoms with Crippen molar-refractivity contribution < 1.29 is 14.7 Å². The van der Waals surface area contributed by atoms with Crippen LogP contribution in [-0.4, -0.2) is 40.3 Å². The Labute approximate surface area is 104 Å². The maximum atomic E-state index is 10.8. The molecule has 1 atom stereocenters. The van der Waals surface area contributed by atoms with E-state index in [0.717, 1.165) is 0 Å². The standard InChI is InChI=1S/C11H14N4O3/c1-6(11(17)18)7-4-15(5-7)9-3-2-8(10(12)16)13-14-9/h2-3,6-7H,4-5H2,1H3,(H2,12,16)(H,17,18). The van der Waals surface area contributed by atoms with Gasteiger partial charge in [-0.25, -0.2) is 0 Å². The first-order valence-corrected chi connectivity index (χ1v) is 5.60. The SMILES string of the molecule is CC(C(=O)O)C1CN(c2ccc(C(N)=O)nn2)C1. The van der Waals surface area contributed by atoms with E-state index >= 15 is 0 Å². The molecule has 2 heterocycles. The Kier molecular flexibility index (Phi) is 3.14. The van der Waals surface area contributed by atoms with Crippen molar-refractivity contribution in [3.63, 3.8) is 0 Å². The maximum absolute atomic E-state index is 10.8. The summed E-state index contributed by atoms with van der Waals surface area (Å²) in [6.07, 6.45) is 0. The van der Waals surface area contributed by atoms with Crippen molar-refractivity contribution in [1.29, 1.82) is 0 Å². The van der Waals surface area contributed by atoms with Crippen LogP contribution in [0.1, 0.15) is 17.4 Å². The Balaban J connectivity index is 1.96. The Morgan fingerprint density at radius 2 is 2.11 bits per heavy atom. The molecule has 1 saturated heterocycles. The van der Waals surface area contributed by atoms with Gasteiger partial charge < -0.3 is 15.7 Å². The van der Waals surface area contributed by atoms with Crippen molar-refractivity contribution in [2.45, 2.75) is 6.92 Å². The molecule has 1 unspecified atom stereocenters. The molecule has 2 rings (SSSR count). The van der Waals surface area contributed by atoms with Crippen molar-refractivity contribution in [2.75, 3.05) is 18.0 Å². The molecule has 1 aliphatic rings. The number of carboxylic acids is 1. The van der Waals surface area contributed by atoms with Gasteiger partial charge in [0.05, 0.1) is 5.92 Å². The number of amides is 1. The largest absolute Gasteiger partial charge is 0.481 e. The Bertz CT molecular complexity index is 468. The fourth-order valence-electron chi connectivity index (χ4n) is 1.84. The number of carboxylic acid groups (broad SMARTS) is 1. The van der Waals surface area contributed by atoms with Crippen LogP contribution in [0.25, 0.3) is 0 Å². The van der Waals surface area contributed by atoms with Crippen LogP contribution in [0.5, 0.6) is 0 Å². The molecule has 96 valence electrons. The lowest BCUT2D eigenvalue weighted by atomic mass is 9.87. The minimum atomic E-state index is -0.783. The Morgan fingerprint density at radius 1 is 1.44 bits per heavy atom. The van der Waals surface area contributed by atoms with Crippen LogP contribution >= 0.6 is 0 Å². The number of nitrogens with zero attached hydrogens (tertiary/aromatic N) is 3. The third kappa shape index (κ3) is 2.24. The molecule has 1 fully saturated rings. The summed E-state index contributed by atoms with van der Waals surface area (Å²) in [6, 6.07) is 3.17. The number of rotatable bonds is 4. The second kappa shape index (κ2) is 4.59. The van der Waals surface area contributed by atoms with Crippen LogP contribution < -0.4 is 10.6 Å². The second-order valence-electron chi connectivity index (χ2n) is 4.43. The van der Waals surface area contributed by atoms with Gasteiger partial charge in [0.25, 0.3) is 5.91 Å². The quantitative estimate of drug-likeness (QED) is 0.761. The van der Waals surface area contributed by atoms with Crippen molar-refractivity contribution in [1.82, 2.24) is 10.2 Å². The first-order valence-electron chi connectivity index (χ1n) is 5.60. The third-order valence-corrected chi connectivity index (χ3v) is 3.23. The topological polar surface area (TPSA) is 109 Å². The summed E-state index contributed by atoms with van der Waals surface area (Å²) in [5.41, 5.74) is 5.18. The van der Waals surface area contributed by atoms with Crippen molar-refractivity contribution in [2.24, 2.45) is 17.6 Å². The first-order chi connectivity index (χ1) is 8.49. The van der Waals surface area contributed by atoms with Gasteiger partial charge in [-0.2, -0.15) is 0 Å². The predicted octanol–water partition coefficient (Wildman–Crippen LogP) is -0.268. The molecule has 1 aliphatic heterocycles. The molecule has 0 aromatic carbocycles. The number of nitrogens with two attached hydrogens (primary N) is 1. The monoisotopic (exact) mass is 250 g/mol. The van der Waals surface area contributed by atoms with Gasteiger partial charge in [0, 0.05) is 19.0 Å². The van der Waals surface area contributed by atoms with Crippen LogP contribution in [0.15, 0.2) is 12.1 Å². The van der Waals surface area contributed by atoms with Crippen LogP contribution in [0.2, 0.25) is 0 Å². The highest BCUT2D eigenvalue weighted by Crippen LogP contribution is 2.27. The van der Waals surface area contributed by atoms with Crippen molar-refractivity contribution in [3.8, 4) is 0 Å². The summed E-state index contributed by atoms with van der Waals surface area (Å²) in [4.78, 5) is 23.5. The minimum absolute atomic E-state index is 0.120. The van der Waals surface area contributed by atoms with Gasteiger partial charge in [0.1, 0.15) is 0 Å². The molecule has 0 aliphatic carbocycles. The smallest absolute Gasteiger partial charge is 0.306 e. The number of carbonyl (C=O) groups excluding carboxylic acids is 1. The first kappa shape index (κ1) is 12.3. The number of primary amides is 1. The molecule has 3 N–H and O–H groups in total. The molecule has 0 radical (unpaired) electrons. The highest BCUT2D eigenvalue weighted by atomic mass is 16.4. The molecule has 0 bridgehead atoms. The molecular weight excluding hydrogens is 236 g/mol. The molecule has 1 amide bonds. The Hall–Kier alpha value is -2.18. The van der Waals surface area contributed by atoms with E-state index in [1.807, 2.05) is 4.90 Å². The van der Waals surface area contributed by atoms with Gasteiger partial charge in [-0.1, -0.05) is 6.92 Å². The van der Waals surface area contributed by atoms with Gasteiger partial charge in [0.15, 0.2) is 11.5 Å². The van der Waals surface area contributed by atoms with Crippen LogP contribution in [0, 0.1) is 11.8 Å². The summed E-state index contributed by atoms with van der Waals surface area (Å²) in [5, 5.41) is 16.5. The highest BCUT2D eigenvalue weighted by molar-refractivity contribution is 5.90. The normalized spacial score (nSPS) is 17.1. The minimum Gasteiger partial charge on any atom is -0.481 e. The zero-order chi connectivity index (χ0) is 13.3. The number of aromatic nitrogens is 2. The van der Waals surface area contributed by atoms with E-state index < -0.39 is 11.9 Å². The lowest BCUT2D eigenvalue weighted by molar-refractivity contribution is -0.143. The lowest BCUT2D eigenvalue weighted by Gasteiger charge is -2.41. The highest BCUT2D eigenvalue weighted by Gasteiger charge is 2.35. The second-order valence-corrected chi connectivity index (χ2v) is 4.43. The van der Waals surface area contributed by atoms with Crippen molar-refractivity contribution >= 4 is 17.7 Å². The molecule has 1 aromatic heterocycles. The molecule has 1 aromatic rings. The van der Waals surface area contributed by atoms with E-state index in [-0.39, 0.29) is 17.5 Å². The summed E-state index contributed by atoms with van der Waals surface area (Å²) in [5.74, 6) is -1.00. The van der Waals surface area contributed by atoms with Gasteiger partial charge in [-0.05, 0) is 12.1 Å². The number of hydrogen-bond donors (Lipinski definition) is 2. The van der Waals surface area contributed by atoms with Gasteiger partial charge >= 0.3 is 5.97 Å². The summed E-state index contributed by atoms with van der Waals surface area (Å²) < 4.78 is 0. The molecular formula is C11H14N4O3. The molecule has 7 nitrogen and oxygen atoms in total. The zero-order valence-electron chi connectivity index (χ0n) is 9.91. The van der Waals surface area contributed by atoms with Gasteiger partial charge in [0.2, 0.25) is 0 Å².